The van der Waals surface area contributed by atoms with E-state index in [2.05, 4.69) is 10.6 Å². The number of fused-ring (bicyclic) bond motifs is 1. The van der Waals surface area contributed by atoms with Gasteiger partial charge < -0.3 is 40.6 Å². The number of carboxylic acid groups (broad SMARTS) is 1. The molecular weight excluding hydrogens is 817 g/mol. The van der Waals surface area contributed by atoms with Crippen LogP contribution in [-0.2, 0) is 39.0 Å². The number of carboxylic acids is 1. The molecule has 0 spiro atoms. The van der Waals surface area contributed by atoms with E-state index in [9.17, 15) is 33.9 Å². The third-order valence-corrected chi connectivity index (χ3v) is 11.9. The molecule has 1 aliphatic rings. The van der Waals surface area contributed by atoms with Gasteiger partial charge in [-0.25, -0.2) is 4.79 Å². The molecule has 6 unspecified atom stereocenters. The van der Waals surface area contributed by atoms with Crippen LogP contribution in [0.1, 0.15) is 126 Å². The molecule has 1 aliphatic heterocycles. The molecule has 350 valence electrons. The lowest BCUT2D eigenvalue weighted by atomic mass is 9.80. The van der Waals surface area contributed by atoms with Gasteiger partial charge in [-0.15, -0.1) is 0 Å². The van der Waals surface area contributed by atoms with Gasteiger partial charge in [0.2, 0.25) is 17.7 Å². The summed E-state index contributed by atoms with van der Waals surface area (Å²) in [5.41, 5.74) is 8.51. The second-order valence-electron chi connectivity index (χ2n) is 16.8. The third-order valence-electron chi connectivity index (χ3n) is 11.9. The second kappa shape index (κ2) is 26.0. The van der Waals surface area contributed by atoms with Gasteiger partial charge in [-0.1, -0.05) is 84.0 Å². The first-order valence-electron chi connectivity index (χ1n) is 22.6. The number of primary amides is 1. The van der Waals surface area contributed by atoms with Gasteiger partial charge in [-0.3, -0.25) is 24.0 Å². The summed E-state index contributed by atoms with van der Waals surface area (Å²) in [6.07, 6.45) is 5.64. The van der Waals surface area contributed by atoms with E-state index in [0.717, 1.165) is 54.5 Å². The maximum Gasteiger partial charge on any atom is 0.340 e. The number of cyclic esters (lactones) is 1. The molecule has 0 fully saturated rings. The molecule has 14 nitrogen and oxygen atoms in total. The van der Waals surface area contributed by atoms with E-state index >= 15 is 0 Å². The molecule has 1 heterocycles. The van der Waals surface area contributed by atoms with E-state index in [1.165, 1.54) is 6.92 Å². The third kappa shape index (κ3) is 14.8. The number of nitrogens with two attached hydrogens (primary N) is 1. The fourth-order valence-electron chi connectivity index (χ4n) is 7.20. The topological polar surface area (TPSA) is 204 Å². The fraction of sp³-hybridized carbons (Fsp3) is 0.520. The summed E-state index contributed by atoms with van der Waals surface area (Å²) < 4.78 is 17.7. The second-order valence-corrected chi connectivity index (χ2v) is 16.8. The molecule has 0 saturated heterocycles. The Balaban J connectivity index is 0.000000619. The van der Waals surface area contributed by atoms with Gasteiger partial charge in [0.1, 0.15) is 5.75 Å². The number of anilines is 1. The zero-order valence-corrected chi connectivity index (χ0v) is 38.9. The van der Waals surface area contributed by atoms with Crippen LogP contribution >= 0.6 is 0 Å². The van der Waals surface area contributed by atoms with Crippen molar-refractivity contribution in [2.75, 3.05) is 38.9 Å². The molecule has 3 aromatic rings. The number of nitrogens with zero attached hydrogens (tertiary/aromatic N) is 1. The molecule has 5 N–H and O–H groups in total. The number of unbranched alkanes of at least 4 members (excludes halogenated alkanes) is 3. The Morgan fingerprint density at radius 3 is 1.78 bits per heavy atom. The molecule has 0 saturated carbocycles. The number of esters is 2. The van der Waals surface area contributed by atoms with Crippen LogP contribution < -0.4 is 26.0 Å². The predicted octanol–water partition coefficient (Wildman–Crippen LogP) is 7.59. The van der Waals surface area contributed by atoms with Crippen LogP contribution in [0, 0.1) is 29.6 Å². The lowest BCUT2D eigenvalue weighted by molar-refractivity contribution is -0.149. The van der Waals surface area contributed by atoms with Gasteiger partial charge in [0.25, 0.3) is 0 Å². The number of hydrogen-bond acceptors (Lipinski definition) is 10. The molecular formula is C50H70N4O10. The van der Waals surface area contributed by atoms with E-state index < -0.39 is 35.2 Å². The smallest absolute Gasteiger partial charge is 0.340 e. The standard InChI is InChI=1S/C39H48N2O8.C11H22N2O2/c1-5-27(25-28(35(40)42)24-26(2)36(43)44)37(45)48-23-11-7-6-10-22-47-32-20-16-30(17-21-32)39(29-14-18-31(19-15-29)41(3)4)34-13-9-8-12-33(34)38(46)49-39;1-5-8(3)10(14)12-7-13-11(15)9(4)6-2/h8-9,12-21,26-28H,5-7,10-11,22-25H2,1-4H3,(H2,40,42)(H,43,44);8-9H,5-7H2,1-4H3,(H,12,14)(H,13,15). The van der Waals surface area contributed by atoms with Crippen molar-refractivity contribution in [1.29, 1.82) is 0 Å². The first-order chi connectivity index (χ1) is 30.5. The molecule has 64 heavy (non-hydrogen) atoms. The fourth-order valence-corrected chi connectivity index (χ4v) is 7.20. The number of carbonyl (C=O) groups excluding carboxylic acids is 5. The number of amides is 3. The molecule has 0 aromatic heterocycles. The Bertz CT molecular complexity index is 1960. The van der Waals surface area contributed by atoms with Crippen LogP contribution in [0.4, 0.5) is 5.69 Å². The molecule has 3 aromatic carbocycles. The Kier molecular flexibility index (Phi) is 21.3. The van der Waals surface area contributed by atoms with Crippen molar-refractivity contribution in [2.24, 2.45) is 35.3 Å². The summed E-state index contributed by atoms with van der Waals surface area (Å²) in [6, 6.07) is 23.2. The lowest BCUT2D eigenvalue weighted by Crippen LogP contribution is -2.41. The minimum Gasteiger partial charge on any atom is -0.494 e. The molecule has 14 heteroatoms. The minimum absolute atomic E-state index is 0.00509. The zero-order chi connectivity index (χ0) is 47.4. The average molecular weight is 887 g/mol. The summed E-state index contributed by atoms with van der Waals surface area (Å²) in [5, 5.41) is 14.5. The van der Waals surface area contributed by atoms with Crippen molar-refractivity contribution in [3.63, 3.8) is 0 Å². The van der Waals surface area contributed by atoms with E-state index in [4.69, 9.17) is 19.9 Å². The molecule has 0 bridgehead atoms. The number of ether oxygens (including phenoxy) is 3. The van der Waals surface area contributed by atoms with Gasteiger partial charge in [0.05, 0.1) is 37.3 Å². The van der Waals surface area contributed by atoms with Gasteiger partial charge in [-0.05, 0) is 88.1 Å². The first-order valence-corrected chi connectivity index (χ1v) is 22.6. The predicted molar refractivity (Wildman–Crippen MR) is 246 cm³/mol. The van der Waals surface area contributed by atoms with Crippen LogP contribution in [0.3, 0.4) is 0 Å². The highest BCUT2D eigenvalue weighted by Gasteiger charge is 2.48. The van der Waals surface area contributed by atoms with Crippen LogP contribution in [0.15, 0.2) is 72.8 Å². The van der Waals surface area contributed by atoms with Crippen molar-refractivity contribution >= 4 is 41.3 Å². The van der Waals surface area contributed by atoms with E-state index in [1.54, 1.807) is 6.07 Å². The van der Waals surface area contributed by atoms with E-state index in [1.807, 2.05) is 120 Å². The summed E-state index contributed by atoms with van der Waals surface area (Å²) in [4.78, 5) is 73.4. The van der Waals surface area contributed by atoms with Crippen LogP contribution in [0.2, 0.25) is 0 Å². The largest absolute Gasteiger partial charge is 0.494 e. The van der Waals surface area contributed by atoms with Crippen molar-refractivity contribution < 1.29 is 48.1 Å². The normalized spacial score (nSPS) is 16.3. The van der Waals surface area contributed by atoms with Crippen molar-refractivity contribution in [1.82, 2.24) is 10.6 Å². The summed E-state index contributed by atoms with van der Waals surface area (Å²) in [7, 11) is 3.96. The molecule has 6 atom stereocenters. The quantitative estimate of drug-likeness (QED) is 0.0371. The highest BCUT2D eigenvalue weighted by Crippen LogP contribution is 2.47. The van der Waals surface area contributed by atoms with Crippen molar-refractivity contribution in [2.45, 2.75) is 105 Å². The van der Waals surface area contributed by atoms with Crippen molar-refractivity contribution in [3.05, 3.63) is 95.1 Å². The number of carbonyl (C=O) groups is 6. The Hall–Kier alpha value is -5.92. The number of benzene rings is 3. The minimum atomic E-state index is -1.07. The SMILES string of the molecule is CCC(C)C(=O)NCNC(=O)C(C)CC.CCC(CC(CC(C)C(=O)O)C(N)=O)C(=O)OCCCCCCOc1ccc(C2(c3ccc(N(C)C)cc3)OC(=O)c3ccccc32)cc1. The maximum atomic E-state index is 13.0. The highest BCUT2D eigenvalue weighted by atomic mass is 16.6. The number of hydrogen-bond donors (Lipinski definition) is 4. The molecule has 0 radical (unpaired) electrons. The summed E-state index contributed by atoms with van der Waals surface area (Å²) in [5.74, 6) is -3.57. The Morgan fingerprint density at radius 1 is 0.719 bits per heavy atom. The lowest BCUT2D eigenvalue weighted by Gasteiger charge is -2.30. The van der Waals surface area contributed by atoms with Gasteiger partial charge in [-0.2, -0.15) is 0 Å². The zero-order valence-electron chi connectivity index (χ0n) is 38.9. The highest BCUT2D eigenvalue weighted by molar-refractivity contribution is 5.96. The van der Waals surface area contributed by atoms with E-state index in [-0.39, 0.29) is 61.7 Å². The number of nitrogens with one attached hydrogen (secondary N) is 2. The molecule has 0 aliphatic carbocycles. The van der Waals surface area contributed by atoms with Gasteiger partial charge in [0, 0.05) is 54.2 Å². The molecule has 3 amide bonds. The number of aliphatic carboxylic acids is 1. The number of rotatable bonds is 25. The molecule has 4 rings (SSSR count). The summed E-state index contributed by atoms with van der Waals surface area (Å²) >= 11 is 0. The van der Waals surface area contributed by atoms with Crippen LogP contribution in [0.5, 0.6) is 5.75 Å². The van der Waals surface area contributed by atoms with Crippen molar-refractivity contribution in [3.8, 4) is 5.75 Å². The van der Waals surface area contributed by atoms with E-state index in [0.29, 0.717) is 30.8 Å². The first kappa shape index (κ1) is 52.4. The van der Waals surface area contributed by atoms with Crippen LogP contribution in [0.25, 0.3) is 0 Å². The van der Waals surface area contributed by atoms with Gasteiger partial charge >= 0.3 is 17.9 Å². The average Bonchev–Trinajstić information content (AvgIpc) is 3.60. The Labute approximate surface area is 379 Å². The van der Waals surface area contributed by atoms with Gasteiger partial charge in [0.15, 0.2) is 5.60 Å². The Morgan fingerprint density at radius 2 is 1.27 bits per heavy atom. The summed E-state index contributed by atoms with van der Waals surface area (Å²) in [6.45, 7) is 12.0. The monoisotopic (exact) mass is 887 g/mol. The van der Waals surface area contributed by atoms with Crippen LogP contribution in [-0.4, -0.2) is 74.7 Å². The maximum absolute atomic E-state index is 13.0.